The number of hydrogen-bond donors (Lipinski definition) is 1. The van der Waals surface area contributed by atoms with E-state index in [1.165, 1.54) is 0 Å². The molecule has 2 atom stereocenters. The van der Waals surface area contributed by atoms with Crippen molar-refractivity contribution in [2.24, 2.45) is 0 Å². The molecule has 29 heavy (non-hydrogen) atoms. The van der Waals surface area contributed by atoms with Crippen molar-refractivity contribution < 1.29 is 9.53 Å². The van der Waals surface area contributed by atoms with Gasteiger partial charge in [0.2, 0.25) is 5.91 Å². The summed E-state index contributed by atoms with van der Waals surface area (Å²) in [4.78, 5) is 30.7. The van der Waals surface area contributed by atoms with Gasteiger partial charge in [0.05, 0.1) is 36.0 Å². The summed E-state index contributed by atoms with van der Waals surface area (Å²) in [5, 5.41) is 3.61. The molecule has 1 N–H and O–H groups in total. The molecular weight excluding hydrogens is 366 g/mol. The predicted molar refractivity (Wildman–Crippen MR) is 114 cm³/mol. The van der Waals surface area contributed by atoms with E-state index in [0.29, 0.717) is 36.3 Å². The topological polar surface area (TPSA) is 73.2 Å². The van der Waals surface area contributed by atoms with Crippen molar-refractivity contribution in [3.8, 4) is 0 Å². The molecule has 0 spiro atoms. The molecule has 0 saturated heterocycles. The van der Waals surface area contributed by atoms with Crippen molar-refractivity contribution in [3.05, 3.63) is 76.3 Å². The smallest absolute Gasteiger partial charge is 0.261 e. The van der Waals surface area contributed by atoms with Crippen LogP contribution >= 0.6 is 0 Å². The van der Waals surface area contributed by atoms with Crippen molar-refractivity contribution in [1.29, 1.82) is 0 Å². The van der Waals surface area contributed by atoms with E-state index in [0.717, 1.165) is 5.56 Å². The van der Waals surface area contributed by atoms with Crippen LogP contribution in [0.2, 0.25) is 0 Å². The van der Waals surface area contributed by atoms with Gasteiger partial charge in [0.25, 0.3) is 5.56 Å². The molecule has 0 unspecified atom stereocenters. The molecular formula is C23H27N3O3. The van der Waals surface area contributed by atoms with Gasteiger partial charge in [-0.3, -0.25) is 14.2 Å². The molecule has 0 fully saturated rings. The van der Waals surface area contributed by atoms with Gasteiger partial charge in [0.1, 0.15) is 5.82 Å². The molecule has 0 radical (unpaired) electrons. The van der Waals surface area contributed by atoms with Gasteiger partial charge in [-0.25, -0.2) is 4.98 Å². The number of rotatable bonds is 8. The van der Waals surface area contributed by atoms with E-state index in [9.17, 15) is 9.59 Å². The van der Waals surface area contributed by atoms with Gasteiger partial charge in [-0.1, -0.05) is 49.4 Å². The molecule has 0 aliphatic carbocycles. The fourth-order valence-electron chi connectivity index (χ4n) is 3.55. The molecule has 0 aliphatic rings. The van der Waals surface area contributed by atoms with Crippen LogP contribution in [0.25, 0.3) is 10.9 Å². The Hall–Kier alpha value is -2.99. The molecule has 1 heterocycles. The van der Waals surface area contributed by atoms with Crippen LogP contribution in [0.1, 0.15) is 43.6 Å². The third kappa shape index (κ3) is 4.54. The largest absolute Gasteiger partial charge is 0.383 e. The number of aromatic nitrogens is 2. The molecule has 1 aromatic heterocycles. The van der Waals surface area contributed by atoms with Crippen molar-refractivity contribution >= 4 is 16.8 Å². The average Bonchev–Trinajstić information content (AvgIpc) is 2.74. The van der Waals surface area contributed by atoms with Crippen LogP contribution in [0.15, 0.2) is 59.4 Å². The van der Waals surface area contributed by atoms with E-state index in [1.54, 1.807) is 17.7 Å². The van der Waals surface area contributed by atoms with Crippen LogP contribution < -0.4 is 10.9 Å². The van der Waals surface area contributed by atoms with Gasteiger partial charge in [-0.2, -0.15) is 0 Å². The highest BCUT2D eigenvalue weighted by molar-refractivity contribution is 5.84. The lowest BCUT2D eigenvalue weighted by atomic mass is 9.95. The first-order valence-corrected chi connectivity index (χ1v) is 9.90. The highest BCUT2D eigenvalue weighted by Crippen LogP contribution is 2.21. The number of nitrogens with zero attached hydrogens (tertiary/aromatic N) is 2. The van der Waals surface area contributed by atoms with Gasteiger partial charge in [-0.15, -0.1) is 0 Å². The number of benzene rings is 2. The Bertz CT molecular complexity index is 1030. The lowest BCUT2D eigenvalue weighted by molar-refractivity contribution is -0.123. The lowest BCUT2D eigenvalue weighted by Gasteiger charge is -2.22. The maximum absolute atomic E-state index is 13.0. The molecule has 2 aromatic carbocycles. The predicted octanol–water partition coefficient (Wildman–Crippen LogP) is 3.41. The van der Waals surface area contributed by atoms with Crippen LogP contribution in [0, 0.1) is 0 Å². The summed E-state index contributed by atoms with van der Waals surface area (Å²) < 4.78 is 6.76. The molecule has 3 rings (SSSR count). The summed E-state index contributed by atoms with van der Waals surface area (Å²) in [5.74, 6) is 0.201. The second kappa shape index (κ2) is 9.47. The van der Waals surface area contributed by atoms with E-state index in [1.807, 2.05) is 62.4 Å². The molecule has 3 aromatic rings. The maximum atomic E-state index is 13.0. The Balaban J connectivity index is 1.94. The zero-order valence-corrected chi connectivity index (χ0v) is 17.1. The molecule has 6 nitrogen and oxygen atoms in total. The summed E-state index contributed by atoms with van der Waals surface area (Å²) in [6, 6.07) is 16.6. The SMILES string of the molecule is CC[C@H](C(=O)N[C@H](C)c1nc2ccccc2c(=O)n1CCOC)c1ccccc1. The molecule has 0 saturated carbocycles. The minimum Gasteiger partial charge on any atom is -0.383 e. The number of carbonyl (C=O) groups is 1. The van der Waals surface area contributed by atoms with Gasteiger partial charge in [0, 0.05) is 7.11 Å². The fraction of sp³-hybridized carbons (Fsp3) is 0.348. The quantitative estimate of drug-likeness (QED) is 0.636. The van der Waals surface area contributed by atoms with Crippen molar-refractivity contribution in [1.82, 2.24) is 14.9 Å². The minimum absolute atomic E-state index is 0.0769. The second-order valence-corrected chi connectivity index (χ2v) is 7.04. The monoisotopic (exact) mass is 393 g/mol. The lowest BCUT2D eigenvalue weighted by Crippen LogP contribution is -2.36. The number of para-hydroxylation sites is 1. The molecule has 6 heteroatoms. The van der Waals surface area contributed by atoms with E-state index in [2.05, 4.69) is 5.32 Å². The number of carbonyl (C=O) groups excluding carboxylic acids is 1. The standard InChI is InChI=1S/C23H27N3O3/c1-4-18(17-10-6-5-7-11-17)22(27)24-16(2)21-25-20-13-9-8-12-19(20)23(28)26(21)14-15-29-3/h5-13,16,18H,4,14-15H2,1-3H3,(H,24,27)/t16-,18+/m1/s1. The van der Waals surface area contributed by atoms with Crippen LogP contribution in [0.4, 0.5) is 0 Å². The minimum atomic E-state index is -0.422. The third-order valence-electron chi connectivity index (χ3n) is 5.08. The van der Waals surface area contributed by atoms with Gasteiger partial charge >= 0.3 is 0 Å². The van der Waals surface area contributed by atoms with Gasteiger partial charge < -0.3 is 10.1 Å². The summed E-state index contributed by atoms with van der Waals surface area (Å²) in [5.41, 5.74) is 1.47. The fourth-order valence-corrected chi connectivity index (χ4v) is 3.55. The summed E-state index contributed by atoms with van der Waals surface area (Å²) in [7, 11) is 1.59. The zero-order valence-electron chi connectivity index (χ0n) is 17.1. The summed E-state index contributed by atoms with van der Waals surface area (Å²) in [6.45, 7) is 4.61. The molecule has 0 aliphatic heterocycles. The zero-order chi connectivity index (χ0) is 20.8. The average molecular weight is 393 g/mol. The molecule has 152 valence electrons. The Morgan fingerprint density at radius 1 is 1.14 bits per heavy atom. The van der Waals surface area contributed by atoms with Crippen molar-refractivity contribution in [2.75, 3.05) is 13.7 Å². The number of amides is 1. The highest BCUT2D eigenvalue weighted by atomic mass is 16.5. The van der Waals surface area contributed by atoms with Gasteiger partial charge in [-0.05, 0) is 31.0 Å². The summed E-state index contributed by atoms with van der Waals surface area (Å²) in [6.07, 6.45) is 0.685. The third-order valence-corrected chi connectivity index (χ3v) is 5.08. The Labute approximate surface area is 170 Å². The highest BCUT2D eigenvalue weighted by Gasteiger charge is 2.23. The van der Waals surface area contributed by atoms with Crippen LogP contribution in [0.3, 0.4) is 0 Å². The molecule has 1 amide bonds. The van der Waals surface area contributed by atoms with E-state index in [-0.39, 0.29) is 17.4 Å². The van der Waals surface area contributed by atoms with E-state index < -0.39 is 6.04 Å². The van der Waals surface area contributed by atoms with Crippen LogP contribution in [-0.2, 0) is 16.1 Å². The Morgan fingerprint density at radius 3 is 2.52 bits per heavy atom. The summed E-state index contributed by atoms with van der Waals surface area (Å²) >= 11 is 0. The number of nitrogens with one attached hydrogen (secondary N) is 1. The second-order valence-electron chi connectivity index (χ2n) is 7.04. The van der Waals surface area contributed by atoms with Crippen molar-refractivity contribution in [3.63, 3.8) is 0 Å². The van der Waals surface area contributed by atoms with Crippen LogP contribution in [-0.4, -0.2) is 29.2 Å². The number of methoxy groups -OCH3 is 1. The maximum Gasteiger partial charge on any atom is 0.261 e. The first-order chi connectivity index (χ1) is 14.1. The van der Waals surface area contributed by atoms with Crippen LogP contribution in [0.5, 0.6) is 0 Å². The number of fused-ring (bicyclic) bond motifs is 1. The number of ether oxygens (including phenoxy) is 1. The Kier molecular flexibility index (Phi) is 6.77. The Morgan fingerprint density at radius 2 is 1.83 bits per heavy atom. The first kappa shape index (κ1) is 20.7. The van der Waals surface area contributed by atoms with E-state index in [4.69, 9.17) is 9.72 Å². The van der Waals surface area contributed by atoms with Gasteiger partial charge in [0.15, 0.2) is 0 Å². The first-order valence-electron chi connectivity index (χ1n) is 9.90. The molecule has 0 bridgehead atoms. The van der Waals surface area contributed by atoms with Crippen molar-refractivity contribution in [2.45, 2.75) is 38.8 Å². The van der Waals surface area contributed by atoms with E-state index >= 15 is 0 Å². The normalized spacial score (nSPS) is 13.2. The number of hydrogen-bond acceptors (Lipinski definition) is 4.